The summed E-state index contributed by atoms with van der Waals surface area (Å²) in [5.74, 6) is -1.23. The number of pyridine rings is 1. The number of anilines is 1. The normalized spacial score (nSPS) is 9.91. The predicted octanol–water partition coefficient (Wildman–Crippen LogP) is 3.98. The van der Waals surface area contributed by atoms with Crippen molar-refractivity contribution in [1.82, 2.24) is 4.98 Å². The number of hydrogen-bond acceptors (Lipinski definition) is 12. The van der Waals surface area contributed by atoms with Crippen molar-refractivity contribution in [3.8, 4) is 0 Å². The molecule has 3 heterocycles. The first-order valence-corrected chi connectivity index (χ1v) is 14.3. The highest BCUT2D eigenvalue weighted by atomic mass is 79.9. The highest BCUT2D eigenvalue weighted by Crippen LogP contribution is 2.27. The number of nitrogens with two attached hydrogens (primary N) is 1. The van der Waals surface area contributed by atoms with Gasteiger partial charge in [0.05, 0.1) is 52.7 Å². The number of aromatic amines is 1. The maximum Gasteiger partial charge on any atom is 0.490 e. The zero-order valence-electron chi connectivity index (χ0n) is 22.8. The number of hydrogen-bond donors (Lipinski definition) is 4. The molecular weight excluding hydrogens is 687 g/mol. The Bertz CT molecular complexity index is 1810. The lowest BCUT2D eigenvalue weighted by Gasteiger charge is -2.05. The van der Waals surface area contributed by atoms with Crippen molar-refractivity contribution in [2.45, 2.75) is 0 Å². The van der Waals surface area contributed by atoms with Crippen molar-refractivity contribution >= 4 is 108 Å². The number of rotatable bonds is 4. The summed E-state index contributed by atoms with van der Waals surface area (Å²) >= 11 is 6.20. The molecule has 0 aliphatic carbocycles. The Morgan fingerprint density at radius 2 is 1.42 bits per heavy atom. The molecule has 0 saturated heterocycles. The van der Waals surface area contributed by atoms with Crippen molar-refractivity contribution in [3.63, 3.8) is 0 Å². The molecule has 5 aromatic rings. The number of nitrogens with one attached hydrogen (secondary N) is 1. The van der Waals surface area contributed by atoms with Crippen LogP contribution in [0.5, 0.6) is 0 Å². The Labute approximate surface area is 267 Å². The zero-order valence-corrected chi connectivity index (χ0v) is 26.8. The Balaban J connectivity index is 0.000000233. The minimum Gasteiger partial charge on any atom is -0.465 e. The molecule has 0 amide bonds. The van der Waals surface area contributed by atoms with Gasteiger partial charge >= 0.3 is 25.0 Å². The van der Waals surface area contributed by atoms with Crippen LogP contribution in [0.15, 0.2) is 67.9 Å². The monoisotopic (exact) mass is 710 g/mol. The fraction of sp³-hybridized carbons (Fsp3) is 0.111. The average Bonchev–Trinajstić information content (AvgIpc) is 3.66. The molecule has 11 nitrogen and oxygen atoms in total. The standard InChI is InChI=1S/C13H9NO3S.C8H10BNO4.C6H5BrO2S.ClH/c1-17-13(16)7-2-3-8-10(6-7)14-12(15)9-4-5-18-11(8)9;1-14-8(11)5-2-3-6(9(12)13)7(10)4-5;1-9-6(8)4-2-3-10-5(4)7;/h2-6H,1H3,(H,14,15);2-4,12-13H,10H2,1H3;2-3H,1H3;1H. The van der Waals surface area contributed by atoms with E-state index in [1.807, 2.05) is 16.8 Å². The second-order valence-electron chi connectivity index (χ2n) is 8.18. The van der Waals surface area contributed by atoms with Gasteiger partial charge in [0, 0.05) is 21.2 Å². The first-order chi connectivity index (χ1) is 20.0. The quantitative estimate of drug-likeness (QED) is 0.0923. The summed E-state index contributed by atoms with van der Waals surface area (Å²) in [6.07, 6.45) is 0. The van der Waals surface area contributed by atoms with E-state index >= 15 is 0 Å². The van der Waals surface area contributed by atoms with Gasteiger partial charge < -0.3 is 35.0 Å². The molecule has 0 radical (unpaired) electrons. The molecule has 0 unspecified atom stereocenters. The van der Waals surface area contributed by atoms with E-state index in [9.17, 15) is 19.2 Å². The van der Waals surface area contributed by atoms with E-state index in [1.165, 1.54) is 62.2 Å². The van der Waals surface area contributed by atoms with Gasteiger partial charge in [0.15, 0.2) is 0 Å². The van der Waals surface area contributed by atoms with Crippen LogP contribution in [0, 0.1) is 0 Å². The van der Waals surface area contributed by atoms with Gasteiger partial charge in [-0.15, -0.1) is 35.1 Å². The third-order valence-electron chi connectivity index (χ3n) is 5.65. The number of carbonyl (C=O) groups excluding carboxylic acids is 3. The fourth-order valence-corrected chi connectivity index (χ4v) is 5.73. The topological polar surface area (TPSA) is 178 Å². The number of fused-ring (bicyclic) bond motifs is 3. The average molecular weight is 712 g/mol. The van der Waals surface area contributed by atoms with Crippen molar-refractivity contribution in [1.29, 1.82) is 0 Å². The smallest absolute Gasteiger partial charge is 0.465 e. The number of benzene rings is 2. The number of carbonyl (C=O) groups is 3. The van der Waals surface area contributed by atoms with Crippen molar-refractivity contribution < 1.29 is 38.6 Å². The Hall–Kier alpha value is -3.73. The number of esters is 3. The van der Waals surface area contributed by atoms with Crippen LogP contribution in [-0.4, -0.2) is 61.4 Å². The van der Waals surface area contributed by atoms with Crippen LogP contribution in [0.3, 0.4) is 0 Å². The van der Waals surface area contributed by atoms with Gasteiger partial charge in [-0.3, -0.25) is 4.79 Å². The van der Waals surface area contributed by atoms with Crippen molar-refractivity contribution in [2.24, 2.45) is 0 Å². The Morgan fingerprint density at radius 3 is 1.95 bits per heavy atom. The van der Waals surface area contributed by atoms with E-state index in [4.69, 9.17) is 15.8 Å². The van der Waals surface area contributed by atoms with Crippen LogP contribution in [-0.2, 0) is 14.2 Å². The molecule has 0 aliphatic rings. The molecule has 0 spiro atoms. The van der Waals surface area contributed by atoms with Crippen LogP contribution in [0.2, 0.25) is 0 Å². The maximum atomic E-state index is 11.8. The highest BCUT2D eigenvalue weighted by molar-refractivity contribution is 9.11. The lowest BCUT2D eigenvalue weighted by Crippen LogP contribution is -2.32. The molecule has 2 aromatic carbocycles. The fourth-order valence-electron chi connectivity index (χ4n) is 3.58. The zero-order chi connectivity index (χ0) is 31.0. The van der Waals surface area contributed by atoms with Crippen LogP contribution in [0.1, 0.15) is 31.1 Å². The lowest BCUT2D eigenvalue weighted by molar-refractivity contribution is 0.0591. The number of nitrogen functional groups attached to an aromatic ring is 1. The molecule has 0 aliphatic heterocycles. The molecule has 5 rings (SSSR count). The minimum atomic E-state index is -1.64. The molecule has 0 atom stereocenters. The van der Waals surface area contributed by atoms with E-state index < -0.39 is 19.1 Å². The van der Waals surface area contributed by atoms with Gasteiger partial charge in [0.25, 0.3) is 5.56 Å². The second kappa shape index (κ2) is 16.2. The molecule has 0 bridgehead atoms. The van der Waals surface area contributed by atoms with E-state index in [1.54, 1.807) is 24.3 Å². The molecule has 43 heavy (non-hydrogen) atoms. The summed E-state index contributed by atoms with van der Waals surface area (Å²) < 4.78 is 15.4. The first kappa shape index (κ1) is 35.5. The summed E-state index contributed by atoms with van der Waals surface area (Å²) in [5, 5.41) is 23.0. The third kappa shape index (κ3) is 8.66. The van der Waals surface area contributed by atoms with E-state index in [0.29, 0.717) is 22.0 Å². The molecule has 226 valence electrons. The summed E-state index contributed by atoms with van der Waals surface area (Å²) in [4.78, 5) is 48.0. The lowest BCUT2D eigenvalue weighted by atomic mass is 9.78. The van der Waals surface area contributed by atoms with Gasteiger partial charge in [-0.2, -0.15) is 0 Å². The van der Waals surface area contributed by atoms with Crippen LogP contribution in [0.4, 0.5) is 5.69 Å². The summed E-state index contributed by atoms with van der Waals surface area (Å²) in [7, 11) is 2.32. The van der Waals surface area contributed by atoms with Crippen LogP contribution in [0.25, 0.3) is 21.0 Å². The number of thiophene rings is 2. The number of ether oxygens (including phenoxy) is 3. The largest absolute Gasteiger partial charge is 0.490 e. The number of halogens is 2. The molecule has 3 aromatic heterocycles. The summed E-state index contributed by atoms with van der Waals surface area (Å²) in [6.45, 7) is 0. The Kier molecular flexibility index (Phi) is 13.4. The number of methoxy groups -OCH3 is 3. The summed E-state index contributed by atoms with van der Waals surface area (Å²) in [5.41, 5.74) is 7.60. The third-order valence-corrected chi connectivity index (χ3v) is 8.29. The molecule has 5 N–H and O–H groups in total. The molecule has 0 saturated carbocycles. The number of H-pyrrole nitrogens is 1. The molecule has 16 heteroatoms. The van der Waals surface area contributed by atoms with Gasteiger partial charge in [0.2, 0.25) is 0 Å². The van der Waals surface area contributed by atoms with E-state index in [0.717, 1.165) is 13.9 Å². The summed E-state index contributed by atoms with van der Waals surface area (Å²) in [6, 6.07) is 12.8. The van der Waals surface area contributed by atoms with E-state index in [-0.39, 0.29) is 40.6 Å². The van der Waals surface area contributed by atoms with Crippen molar-refractivity contribution in [2.75, 3.05) is 27.1 Å². The minimum absolute atomic E-state index is 0. The van der Waals surface area contributed by atoms with Gasteiger partial charge in [-0.05, 0) is 63.1 Å². The second-order valence-corrected chi connectivity index (χ2v) is 11.3. The van der Waals surface area contributed by atoms with Crippen LogP contribution < -0.4 is 16.8 Å². The predicted molar refractivity (Wildman–Crippen MR) is 174 cm³/mol. The van der Waals surface area contributed by atoms with Gasteiger partial charge in [0.1, 0.15) is 0 Å². The molecular formula is C27H25BBrClN2O9S2. The van der Waals surface area contributed by atoms with Crippen molar-refractivity contribution in [3.05, 3.63) is 90.1 Å². The van der Waals surface area contributed by atoms with Crippen LogP contribution >= 0.6 is 51.0 Å². The number of aromatic nitrogens is 1. The van der Waals surface area contributed by atoms with E-state index in [2.05, 4.69) is 35.1 Å². The maximum absolute atomic E-state index is 11.8. The highest BCUT2D eigenvalue weighted by Gasteiger charge is 2.16. The SMILES string of the molecule is COC(=O)c1ccc(B(O)O)c(N)c1.COC(=O)c1ccc2c(c1)[nH]c(=O)c1ccsc12.COC(=O)c1ccsc1Br.Cl. The molecule has 0 fully saturated rings. The first-order valence-electron chi connectivity index (χ1n) is 11.8. The Morgan fingerprint density at radius 1 is 0.837 bits per heavy atom. The van der Waals surface area contributed by atoms with Gasteiger partial charge in [-0.1, -0.05) is 12.1 Å². The van der Waals surface area contributed by atoms with Gasteiger partial charge in [-0.25, -0.2) is 14.4 Å².